The lowest BCUT2D eigenvalue weighted by Crippen LogP contribution is -2.29. The van der Waals surface area contributed by atoms with E-state index < -0.39 is 41.6 Å². The fourth-order valence-corrected chi connectivity index (χ4v) is 9.20. The van der Waals surface area contributed by atoms with Gasteiger partial charge in [-0.1, -0.05) is 281 Å². The smallest absolute Gasteiger partial charge is 0.314 e. The van der Waals surface area contributed by atoms with E-state index in [4.69, 9.17) is 29.9 Å². The number of aliphatic carboxylic acids is 2. The summed E-state index contributed by atoms with van der Waals surface area (Å²) in [4.78, 5) is 118. The summed E-state index contributed by atoms with van der Waals surface area (Å²) in [6.45, 7) is 6.88. The van der Waals surface area contributed by atoms with E-state index in [1.165, 1.54) is 26.2 Å². The molecule has 0 radical (unpaired) electrons. The van der Waals surface area contributed by atoms with Crippen LogP contribution in [0.1, 0.15) is 208 Å². The number of carboxylic acids is 2. The average molecular weight is 1370 g/mol. The van der Waals surface area contributed by atoms with Crippen LogP contribution in [0.2, 0.25) is 0 Å². The third kappa shape index (κ3) is 27.4. The molecule has 0 bridgehead atoms. The molecular weight excluding hydrogens is 1260 g/mol. The minimum Gasteiger partial charge on any atom is -0.508 e. The predicted octanol–water partition coefficient (Wildman–Crippen LogP) is 18.8. The zero-order valence-electron chi connectivity index (χ0n) is 51.8. The summed E-state index contributed by atoms with van der Waals surface area (Å²) in [7, 11) is 2.24. The molecule has 4 unspecified atom stereocenters. The van der Waals surface area contributed by atoms with E-state index in [2.05, 4.69) is 0 Å². The number of fused-ring (bicyclic) bond motifs is 4. The third-order valence-electron chi connectivity index (χ3n) is 14.7. The van der Waals surface area contributed by atoms with E-state index in [1.807, 2.05) is 31.2 Å². The third-order valence-corrected chi connectivity index (χ3v) is 14.7. The van der Waals surface area contributed by atoms with Gasteiger partial charge < -0.3 is 29.9 Å². The number of phenolic OH excluding ortho intramolecular Hbond substituents is 1. The second-order valence-electron chi connectivity index (χ2n) is 20.9. The molecule has 16 heteroatoms. The van der Waals surface area contributed by atoms with Crippen molar-refractivity contribution < 1.29 is 77.8 Å². The molecule has 0 aromatic heterocycles. The summed E-state index contributed by atoms with van der Waals surface area (Å²) in [5.74, 6) is -4.83. The number of rotatable bonds is 17. The van der Waals surface area contributed by atoms with Gasteiger partial charge in [0.25, 0.3) is 0 Å². The van der Waals surface area contributed by atoms with Crippen molar-refractivity contribution in [2.75, 3.05) is 14.2 Å². The van der Waals surface area contributed by atoms with E-state index in [9.17, 15) is 47.9 Å². The van der Waals surface area contributed by atoms with Gasteiger partial charge in [-0.05, 0) is 73.2 Å². The van der Waals surface area contributed by atoms with Crippen LogP contribution < -0.4 is 4.74 Å². The van der Waals surface area contributed by atoms with Crippen molar-refractivity contribution in [1.82, 2.24) is 0 Å². The molecule has 2 aliphatic rings. The number of allylic oxidation sites excluding steroid dienone is 2. The van der Waals surface area contributed by atoms with Gasteiger partial charge in [0.1, 0.15) is 11.5 Å². The minimum absolute atomic E-state index is 0. The lowest BCUT2D eigenvalue weighted by Gasteiger charge is -2.21. The van der Waals surface area contributed by atoms with E-state index in [1.54, 1.807) is 208 Å². The number of ketones is 6. The standard InChI is InChI=1S/C27H30O7.C15H12O2.2C14H8O2.C5H10O2.CH4O.8CH4/c1-4-20(17-22(26(31)33-3)16-18(2)25(29)30)27(32)34-23-13-10-19(11-14-23)12-15-24(28)21-8-6-5-7-9-21;16-14-9-6-12(7-10-14)8-11-15(17)13-4-2-1-3-5-13;2*15-13-9-5-1-2-6-10(9)14(16)12-8-4-3-7-11(12)13;1-3-4(2)5(6)7;1-2;;;;;;;;/h5-15,18,20,22H,4,16-17H2,1-3H3,(H,29,30);1-11,16H;2*1-8H;4H,3H2,1-2H3,(H,6,7);2H,1H3;8*1H4/b15-12+;11-8+;;;;;;;;;;;;. The lowest BCUT2D eigenvalue weighted by atomic mass is 9.84. The number of benzene rings is 8. The number of carbonyl (C=O) groups is 10. The molecule has 0 saturated carbocycles. The summed E-state index contributed by atoms with van der Waals surface area (Å²) in [6.07, 6.45) is 7.79. The van der Waals surface area contributed by atoms with Crippen molar-refractivity contribution >= 4 is 70.7 Å². The first-order valence-electron chi connectivity index (χ1n) is 29.4. The Labute approximate surface area is 593 Å². The van der Waals surface area contributed by atoms with Crippen molar-refractivity contribution in [2.24, 2.45) is 23.7 Å². The number of aromatic hydroxyl groups is 1. The molecule has 0 amide bonds. The molecule has 4 atom stereocenters. The molecule has 0 fully saturated rings. The SMILES string of the molecule is C.C.C.C.C.C.C.C.CCC(C)C(=O)O.CCC(CC(CC(C)C(=O)O)C(=O)OC)C(=O)Oc1ccc(/C=C/C(=O)c2ccccc2)cc1.CO.O=C(/C=C/c1ccc(O)cc1)c1ccccc1.O=C1c2ccccc2C(=O)c2ccccc21.O=C1c2ccccc2C(=O)c2ccccc21. The van der Waals surface area contributed by atoms with Crippen LogP contribution in [-0.4, -0.2) is 93.2 Å². The van der Waals surface area contributed by atoms with Crippen LogP contribution in [0.5, 0.6) is 11.5 Å². The van der Waals surface area contributed by atoms with Crippen LogP contribution in [0.15, 0.2) is 218 Å². The van der Waals surface area contributed by atoms with Gasteiger partial charge in [-0.2, -0.15) is 0 Å². The highest BCUT2D eigenvalue weighted by Crippen LogP contribution is 2.29. The Kier molecular flexibility index (Phi) is 46.3. The summed E-state index contributed by atoms with van der Waals surface area (Å²) < 4.78 is 10.3. The predicted molar refractivity (Wildman–Crippen MR) is 404 cm³/mol. The zero-order valence-corrected chi connectivity index (χ0v) is 51.8. The van der Waals surface area contributed by atoms with Gasteiger partial charge in [0.05, 0.1) is 30.8 Å². The Bertz CT molecular complexity index is 3600. The number of ether oxygens (including phenoxy) is 2. The number of aliphatic hydroxyl groups is 1. The fraction of sp³-hybridized carbons (Fsp3) is 0.262. The van der Waals surface area contributed by atoms with Crippen LogP contribution in [0.4, 0.5) is 0 Å². The Hall–Kier alpha value is -11.1. The van der Waals surface area contributed by atoms with Crippen molar-refractivity contribution in [3.63, 3.8) is 0 Å². The maximum atomic E-state index is 12.7. The Balaban J connectivity index is -0.000000600. The number of methoxy groups -OCH3 is 1. The van der Waals surface area contributed by atoms with Gasteiger partial charge in [0.15, 0.2) is 34.7 Å². The summed E-state index contributed by atoms with van der Waals surface area (Å²) in [6, 6.07) is 59.2. The van der Waals surface area contributed by atoms with Crippen LogP contribution in [0, 0.1) is 23.7 Å². The molecule has 10 rings (SSSR count). The lowest BCUT2D eigenvalue weighted by molar-refractivity contribution is -0.149. The van der Waals surface area contributed by atoms with Crippen LogP contribution in [-0.2, 0) is 23.9 Å². The number of esters is 2. The molecule has 4 N–H and O–H groups in total. The molecule has 0 saturated heterocycles. The Morgan fingerprint density at radius 3 is 0.930 bits per heavy atom. The molecular formula is C84H104O16. The van der Waals surface area contributed by atoms with Gasteiger partial charge >= 0.3 is 23.9 Å². The van der Waals surface area contributed by atoms with Crippen molar-refractivity contribution in [1.29, 1.82) is 0 Å². The number of hydrogen-bond donors (Lipinski definition) is 4. The molecule has 2 aliphatic carbocycles. The zero-order chi connectivity index (χ0) is 67.3. The first kappa shape index (κ1) is 95.3. The number of carbonyl (C=O) groups excluding carboxylic acids is 8. The largest absolute Gasteiger partial charge is 0.508 e. The van der Waals surface area contributed by atoms with Gasteiger partial charge in [-0.25, -0.2) is 0 Å². The first-order chi connectivity index (χ1) is 44.3. The molecule has 0 aliphatic heterocycles. The van der Waals surface area contributed by atoms with E-state index in [0.717, 1.165) is 24.7 Å². The Morgan fingerprint density at radius 1 is 0.380 bits per heavy atom. The molecule has 8 aromatic rings. The molecule has 16 nitrogen and oxygen atoms in total. The second-order valence-corrected chi connectivity index (χ2v) is 20.9. The molecule has 0 spiro atoms. The highest BCUT2D eigenvalue weighted by Gasteiger charge is 2.32. The number of hydrogen-bond acceptors (Lipinski definition) is 14. The maximum absolute atomic E-state index is 12.7. The van der Waals surface area contributed by atoms with E-state index >= 15 is 0 Å². The monoisotopic (exact) mass is 1370 g/mol. The topological polar surface area (TPSA) is 270 Å². The van der Waals surface area contributed by atoms with Crippen molar-refractivity contribution in [3.05, 3.63) is 285 Å². The van der Waals surface area contributed by atoms with Gasteiger partial charge in [-0.3, -0.25) is 47.9 Å². The summed E-state index contributed by atoms with van der Waals surface area (Å²) in [5, 5.41) is 33.5. The van der Waals surface area contributed by atoms with Crippen LogP contribution >= 0.6 is 0 Å². The van der Waals surface area contributed by atoms with Gasteiger partial charge in [-0.15, -0.1) is 0 Å². The summed E-state index contributed by atoms with van der Waals surface area (Å²) in [5.41, 5.74) is 6.96. The fourth-order valence-electron chi connectivity index (χ4n) is 9.20. The number of phenols is 1. The molecule has 100 heavy (non-hydrogen) atoms. The average Bonchev–Trinajstić information content (AvgIpc) is 0.775. The highest BCUT2D eigenvalue weighted by molar-refractivity contribution is 6.29. The highest BCUT2D eigenvalue weighted by atomic mass is 16.5. The minimum atomic E-state index is -1.01. The summed E-state index contributed by atoms with van der Waals surface area (Å²) >= 11 is 0. The Morgan fingerprint density at radius 2 is 0.670 bits per heavy atom. The normalized spacial score (nSPS) is 11.7. The van der Waals surface area contributed by atoms with Crippen LogP contribution in [0.3, 0.4) is 0 Å². The van der Waals surface area contributed by atoms with Gasteiger partial charge in [0.2, 0.25) is 0 Å². The number of aliphatic hydroxyl groups excluding tert-OH is 1. The first-order valence-corrected chi connectivity index (χ1v) is 29.4. The quantitative estimate of drug-likeness (QED) is 0.0285. The number of carboxylic acid groups (broad SMARTS) is 2. The van der Waals surface area contributed by atoms with Crippen LogP contribution in [0.25, 0.3) is 12.2 Å². The molecule has 0 heterocycles. The van der Waals surface area contributed by atoms with Crippen molar-refractivity contribution in [2.45, 2.75) is 113 Å². The van der Waals surface area contributed by atoms with Gasteiger partial charge in [0, 0.05) is 62.7 Å². The second kappa shape index (κ2) is 48.6. The molecule has 536 valence electrons. The van der Waals surface area contributed by atoms with E-state index in [0.29, 0.717) is 67.8 Å². The molecule has 8 aromatic carbocycles. The van der Waals surface area contributed by atoms with Crippen molar-refractivity contribution in [3.8, 4) is 11.5 Å². The van der Waals surface area contributed by atoms with E-state index in [-0.39, 0.29) is 119 Å². The maximum Gasteiger partial charge on any atom is 0.314 e.